The number of hydrogen-bond donors (Lipinski definition) is 1. The Morgan fingerprint density at radius 1 is 1.10 bits per heavy atom. The molecule has 0 saturated carbocycles. The number of carbonyl (C=O) groups is 2. The van der Waals surface area contributed by atoms with Crippen molar-refractivity contribution in [1.29, 1.82) is 0 Å². The number of carbonyl (C=O) groups excluding carboxylic acids is 1. The first-order valence-corrected chi connectivity index (χ1v) is 6.66. The van der Waals surface area contributed by atoms with E-state index in [4.69, 9.17) is 5.11 Å². The molecule has 1 amide bonds. The van der Waals surface area contributed by atoms with E-state index in [1.807, 2.05) is 36.4 Å². The van der Waals surface area contributed by atoms with E-state index < -0.39 is 11.9 Å². The number of nitrogens with zero attached hydrogens (tertiary/aromatic N) is 1. The average molecular weight is 269 g/mol. The van der Waals surface area contributed by atoms with Crippen molar-refractivity contribution in [3.8, 4) is 0 Å². The molecule has 2 aromatic rings. The lowest BCUT2D eigenvalue weighted by Crippen LogP contribution is -2.29. The molecule has 3 rings (SSSR count). The van der Waals surface area contributed by atoms with Crippen LogP contribution in [0, 0.1) is 5.92 Å². The number of fused-ring (bicyclic) bond motifs is 1. The third-order valence-corrected chi connectivity index (χ3v) is 3.82. The summed E-state index contributed by atoms with van der Waals surface area (Å²) in [5, 5.41) is 11.1. The van der Waals surface area contributed by atoms with E-state index in [0.717, 1.165) is 10.8 Å². The van der Waals surface area contributed by atoms with Gasteiger partial charge in [0.25, 0.3) is 5.91 Å². The molecule has 1 atom stereocenters. The fourth-order valence-corrected chi connectivity index (χ4v) is 2.65. The lowest BCUT2D eigenvalue weighted by atomic mass is 10.1. The van der Waals surface area contributed by atoms with E-state index in [1.165, 1.54) is 0 Å². The number of rotatable bonds is 2. The number of carboxylic acid groups (broad SMARTS) is 1. The Bertz CT molecular complexity index is 680. The molecule has 0 bridgehead atoms. The van der Waals surface area contributed by atoms with Crippen LogP contribution < -0.4 is 0 Å². The molecule has 102 valence electrons. The Morgan fingerprint density at radius 3 is 2.55 bits per heavy atom. The van der Waals surface area contributed by atoms with Crippen molar-refractivity contribution in [2.45, 2.75) is 6.42 Å². The topological polar surface area (TPSA) is 57.6 Å². The van der Waals surface area contributed by atoms with E-state index in [2.05, 4.69) is 0 Å². The van der Waals surface area contributed by atoms with Gasteiger partial charge < -0.3 is 10.0 Å². The number of aliphatic carboxylic acids is 1. The smallest absolute Gasteiger partial charge is 0.308 e. The molecule has 1 heterocycles. The summed E-state index contributed by atoms with van der Waals surface area (Å²) in [6, 6.07) is 13.5. The molecular formula is C16H15NO3. The summed E-state index contributed by atoms with van der Waals surface area (Å²) in [6.45, 7) is 0.823. The molecule has 0 spiro atoms. The Hall–Kier alpha value is -2.36. The van der Waals surface area contributed by atoms with Crippen LogP contribution in [0.5, 0.6) is 0 Å². The van der Waals surface area contributed by atoms with Gasteiger partial charge >= 0.3 is 5.97 Å². The standard InChI is InChI=1S/C16H15NO3/c18-15(17-8-7-14(10-17)16(19)20)13-6-5-11-3-1-2-4-12(11)9-13/h1-6,9,14H,7-8,10H2,(H,19,20). The maximum Gasteiger partial charge on any atom is 0.308 e. The van der Waals surface area contributed by atoms with Crippen LogP contribution in [0.2, 0.25) is 0 Å². The molecule has 0 aromatic heterocycles. The number of carboxylic acids is 1. The van der Waals surface area contributed by atoms with E-state index in [-0.39, 0.29) is 5.91 Å². The second-order valence-electron chi connectivity index (χ2n) is 5.14. The van der Waals surface area contributed by atoms with Gasteiger partial charge in [0.1, 0.15) is 0 Å². The zero-order valence-electron chi connectivity index (χ0n) is 11.0. The summed E-state index contributed by atoms with van der Waals surface area (Å²) in [7, 11) is 0. The van der Waals surface area contributed by atoms with Crippen LogP contribution in [0.3, 0.4) is 0 Å². The van der Waals surface area contributed by atoms with Crippen molar-refractivity contribution >= 4 is 22.6 Å². The fourth-order valence-electron chi connectivity index (χ4n) is 2.65. The van der Waals surface area contributed by atoms with Crippen LogP contribution in [0.25, 0.3) is 10.8 Å². The highest BCUT2D eigenvalue weighted by Crippen LogP contribution is 2.21. The number of likely N-dealkylation sites (tertiary alicyclic amines) is 1. The first kappa shape index (κ1) is 12.7. The van der Waals surface area contributed by atoms with Crippen molar-refractivity contribution in [3.63, 3.8) is 0 Å². The Morgan fingerprint density at radius 2 is 1.85 bits per heavy atom. The molecule has 20 heavy (non-hydrogen) atoms. The summed E-state index contributed by atoms with van der Waals surface area (Å²) in [6.07, 6.45) is 0.536. The SMILES string of the molecule is O=C(O)C1CCN(C(=O)c2ccc3ccccc3c2)C1. The van der Waals surface area contributed by atoms with Crippen molar-refractivity contribution in [1.82, 2.24) is 4.90 Å². The minimum atomic E-state index is -0.821. The second kappa shape index (κ2) is 4.96. The van der Waals surface area contributed by atoms with Gasteiger partial charge in [-0.15, -0.1) is 0 Å². The number of amides is 1. The van der Waals surface area contributed by atoms with Crippen LogP contribution in [-0.2, 0) is 4.79 Å². The largest absolute Gasteiger partial charge is 0.481 e. The summed E-state index contributed by atoms with van der Waals surface area (Å²) in [5.41, 5.74) is 0.620. The molecule has 0 radical (unpaired) electrons. The molecule has 4 nitrogen and oxygen atoms in total. The number of hydrogen-bond acceptors (Lipinski definition) is 2. The Kier molecular flexibility index (Phi) is 3.14. The van der Waals surface area contributed by atoms with Crippen LogP contribution in [0.1, 0.15) is 16.8 Å². The van der Waals surface area contributed by atoms with Crippen LogP contribution >= 0.6 is 0 Å². The van der Waals surface area contributed by atoms with Gasteiger partial charge in [0.15, 0.2) is 0 Å². The normalized spacial score (nSPS) is 18.4. The molecule has 1 aliphatic rings. The molecule has 4 heteroatoms. The van der Waals surface area contributed by atoms with Gasteiger partial charge in [-0.3, -0.25) is 9.59 Å². The lowest BCUT2D eigenvalue weighted by Gasteiger charge is -2.16. The van der Waals surface area contributed by atoms with E-state index in [1.54, 1.807) is 11.0 Å². The maximum atomic E-state index is 12.4. The minimum Gasteiger partial charge on any atom is -0.481 e. The van der Waals surface area contributed by atoms with Crippen molar-refractivity contribution in [2.24, 2.45) is 5.92 Å². The molecule has 1 fully saturated rings. The maximum absolute atomic E-state index is 12.4. The predicted molar refractivity (Wildman–Crippen MR) is 75.6 cm³/mol. The number of benzene rings is 2. The van der Waals surface area contributed by atoms with Gasteiger partial charge in [0.2, 0.25) is 0 Å². The molecule has 1 saturated heterocycles. The van der Waals surface area contributed by atoms with Gasteiger partial charge in [-0.05, 0) is 29.3 Å². The van der Waals surface area contributed by atoms with Crippen LogP contribution in [0.15, 0.2) is 42.5 Å². The third kappa shape index (κ3) is 2.25. The lowest BCUT2D eigenvalue weighted by molar-refractivity contribution is -0.141. The molecule has 1 unspecified atom stereocenters. The zero-order chi connectivity index (χ0) is 14.1. The highest BCUT2D eigenvalue weighted by molar-refractivity contribution is 5.99. The van der Waals surface area contributed by atoms with Gasteiger partial charge in [0.05, 0.1) is 5.92 Å². The van der Waals surface area contributed by atoms with Crippen molar-refractivity contribution in [3.05, 3.63) is 48.0 Å². The van der Waals surface area contributed by atoms with E-state index in [0.29, 0.717) is 25.1 Å². The Balaban J connectivity index is 1.84. The second-order valence-corrected chi connectivity index (χ2v) is 5.14. The summed E-state index contributed by atoms with van der Waals surface area (Å²) >= 11 is 0. The zero-order valence-corrected chi connectivity index (χ0v) is 11.0. The molecular weight excluding hydrogens is 254 g/mol. The highest BCUT2D eigenvalue weighted by Gasteiger charge is 2.31. The third-order valence-electron chi connectivity index (χ3n) is 3.82. The van der Waals surface area contributed by atoms with E-state index in [9.17, 15) is 9.59 Å². The van der Waals surface area contributed by atoms with Crippen LogP contribution in [-0.4, -0.2) is 35.0 Å². The van der Waals surface area contributed by atoms with Gasteiger partial charge in [-0.2, -0.15) is 0 Å². The molecule has 2 aromatic carbocycles. The average Bonchev–Trinajstić information content (AvgIpc) is 2.96. The monoisotopic (exact) mass is 269 g/mol. The first-order valence-electron chi connectivity index (χ1n) is 6.66. The van der Waals surface area contributed by atoms with Gasteiger partial charge in [-0.1, -0.05) is 30.3 Å². The van der Waals surface area contributed by atoms with E-state index >= 15 is 0 Å². The highest BCUT2D eigenvalue weighted by atomic mass is 16.4. The summed E-state index contributed by atoms with van der Waals surface area (Å²) in [5.74, 6) is -1.34. The van der Waals surface area contributed by atoms with Crippen molar-refractivity contribution in [2.75, 3.05) is 13.1 Å². The van der Waals surface area contributed by atoms with Crippen LogP contribution in [0.4, 0.5) is 0 Å². The predicted octanol–water partition coefficient (Wildman–Crippen LogP) is 2.39. The minimum absolute atomic E-state index is 0.0838. The molecule has 1 N–H and O–H groups in total. The molecule has 0 aliphatic carbocycles. The van der Waals surface area contributed by atoms with Gasteiger partial charge in [-0.25, -0.2) is 0 Å². The first-order chi connectivity index (χ1) is 9.65. The van der Waals surface area contributed by atoms with Crippen molar-refractivity contribution < 1.29 is 14.7 Å². The fraction of sp³-hybridized carbons (Fsp3) is 0.250. The molecule has 1 aliphatic heterocycles. The van der Waals surface area contributed by atoms with Gasteiger partial charge in [0, 0.05) is 18.7 Å². The summed E-state index contributed by atoms with van der Waals surface area (Å²) < 4.78 is 0. The quantitative estimate of drug-likeness (QED) is 0.910. The summed E-state index contributed by atoms with van der Waals surface area (Å²) in [4.78, 5) is 25.0. The Labute approximate surface area is 116 Å².